The first kappa shape index (κ1) is 59.6. The number of para-hydroxylation sites is 2. The maximum absolute atomic E-state index is 12.4. The summed E-state index contributed by atoms with van der Waals surface area (Å²) in [6, 6.07) is 45.4. The van der Waals surface area contributed by atoms with Gasteiger partial charge in [-0.2, -0.15) is 18.9 Å². The fourth-order valence-corrected chi connectivity index (χ4v) is 10.4. The van der Waals surface area contributed by atoms with Crippen LogP contribution in [0.2, 0.25) is 10.0 Å². The number of unbranched alkanes of at least 4 members (excludes halogenated alkanes) is 2. The van der Waals surface area contributed by atoms with Crippen LogP contribution in [0, 0.1) is 0 Å². The number of halogens is 2. The number of rotatable bonds is 18. The van der Waals surface area contributed by atoms with E-state index in [2.05, 4.69) is 42.8 Å². The fraction of sp³-hybridized carbons (Fsp3) is 0.172. The molecule has 0 saturated carbocycles. The van der Waals surface area contributed by atoms with Gasteiger partial charge in [0, 0.05) is 58.2 Å². The number of aryl methyl sites for hydroxylation is 2. The molecule has 0 spiro atoms. The van der Waals surface area contributed by atoms with E-state index in [1.54, 1.807) is 48.5 Å². The number of carbonyl (C=O) groups is 2. The van der Waals surface area contributed by atoms with Gasteiger partial charge in [0.25, 0.3) is 0 Å². The Morgan fingerprint density at radius 1 is 0.513 bits per heavy atom. The van der Waals surface area contributed by atoms with Gasteiger partial charge in [-0.15, -0.1) is 0 Å². The molecule has 0 unspecified atom stereocenters. The third-order valence-electron chi connectivity index (χ3n) is 12.8. The zero-order chi connectivity index (χ0) is 53.3. The Hall–Kier alpha value is -6.02. The van der Waals surface area contributed by atoms with Gasteiger partial charge in [0.15, 0.2) is 11.6 Å². The predicted molar refractivity (Wildman–Crippen MR) is 296 cm³/mol. The van der Waals surface area contributed by atoms with Crippen molar-refractivity contribution in [1.82, 2.24) is 38.3 Å². The Labute approximate surface area is 512 Å². The van der Waals surface area contributed by atoms with E-state index in [1.165, 1.54) is 9.36 Å². The van der Waals surface area contributed by atoms with Gasteiger partial charge in [-0.1, -0.05) is 171 Å². The minimum absolute atomic E-state index is 0. The maximum Gasteiger partial charge on any atom is 1.00 e. The number of hydrogen-bond acceptors (Lipinski definition) is 12. The molecule has 78 heavy (non-hydrogen) atoms. The van der Waals surface area contributed by atoms with Crippen LogP contribution in [0.4, 0.5) is 0 Å². The van der Waals surface area contributed by atoms with Crippen LogP contribution in [-0.2, 0) is 25.7 Å². The first-order valence-electron chi connectivity index (χ1n) is 24.6. The van der Waals surface area contributed by atoms with Gasteiger partial charge in [0.1, 0.15) is 0 Å². The van der Waals surface area contributed by atoms with Crippen LogP contribution in [0.5, 0.6) is 0 Å². The molecule has 0 aliphatic rings. The third-order valence-corrected chi connectivity index (χ3v) is 14.5. The monoisotopic (exact) mass is 1130 g/mol. The molecule has 0 aliphatic heterocycles. The van der Waals surface area contributed by atoms with Crippen LogP contribution in [0.25, 0.3) is 56.4 Å². The molecule has 20 heteroatoms. The molecule has 4 aromatic heterocycles. The van der Waals surface area contributed by atoms with Crippen LogP contribution in [0.3, 0.4) is 0 Å². The van der Waals surface area contributed by atoms with Crippen LogP contribution >= 0.6 is 46.3 Å². The molecule has 0 radical (unpaired) electrons. The number of benzene rings is 6. The molecular formula is C58H48Cl2N8Na2O6S2. The molecule has 0 saturated heterocycles. The van der Waals surface area contributed by atoms with E-state index in [-0.39, 0.29) is 80.2 Å². The molecule has 10 aromatic rings. The first-order valence-corrected chi connectivity index (χ1v) is 26.9. The van der Waals surface area contributed by atoms with Crippen LogP contribution in [0.1, 0.15) is 94.1 Å². The van der Waals surface area contributed by atoms with Crippen molar-refractivity contribution in [2.75, 3.05) is 0 Å². The quantitative estimate of drug-likeness (QED) is 0.114. The van der Waals surface area contributed by atoms with E-state index in [0.717, 1.165) is 105 Å². The fourth-order valence-electron chi connectivity index (χ4n) is 9.05. The van der Waals surface area contributed by atoms with E-state index >= 15 is 0 Å². The van der Waals surface area contributed by atoms with Gasteiger partial charge < -0.3 is 19.8 Å². The van der Waals surface area contributed by atoms with Crippen molar-refractivity contribution in [3.8, 4) is 56.4 Å². The topological polar surface area (TPSA) is 207 Å². The summed E-state index contributed by atoms with van der Waals surface area (Å²) in [5.74, 6) is -1.52. The smallest absolute Gasteiger partial charge is 0.543 e. The van der Waals surface area contributed by atoms with E-state index in [1.807, 2.05) is 97.1 Å². The zero-order valence-corrected chi connectivity index (χ0v) is 50.4. The van der Waals surface area contributed by atoms with Crippen molar-refractivity contribution in [3.05, 3.63) is 220 Å². The van der Waals surface area contributed by atoms with E-state index < -0.39 is 11.9 Å². The zero-order valence-electron chi connectivity index (χ0n) is 43.2. The average Bonchev–Trinajstić information content (AvgIpc) is 4.28. The van der Waals surface area contributed by atoms with Crippen molar-refractivity contribution in [2.24, 2.45) is 0 Å². The van der Waals surface area contributed by atoms with E-state index in [0.29, 0.717) is 69.9 Å². The molecule has 384 valence electrons. The number of aromatic carboxylic acids is 2. The molecule has 10 rings (SSSR count). The van der Waals surface area contributed by atoms with Gasteiger partial charge in [0.2, 0.25) is 0 Å². The van der Waals surface area contributed by atoms with Gasteiger partial charge in [0.05, 0.1) is 56.1 Å². The Bertz CT molecular complexity index is 3570. The Morgan fingerprint density at radius 2 is 0.859 bits per heavy atom. The standard InChI is InChI=1S/2C29H25ClN4O3S.2Na/c2*1-2-3-11-24-22(26(28(35)36)34(32-24)25-12-7-6-10-23(25)30)17-18-13-15-19(16-14-18)20-8-4-5-9-21(20)27-31-29(37)38-33-27;;/h2*4-10,12-16H,2-3,11,17H2,1H3,(H,35,36)(H,31,33,37);;/q;;2*+1/p-2. The number of nitrogens with zero attached hydrogens (tertiary/aromatic N) is 6. The number of carboxylic acid groups (broad SMARTS) is 2. The summed E-state index contributed by atoms with van der Waals surface area (Å²) in [6.07, 6.45) is 5.75. The number of aromatic nitrogens is 8. The van der Waals surface area contributed by atoms with E-state index in [9.17, 15) is 29.4 Å². The molecule has 0 atom stereocenters. The number of H-pyrrole nitrogens is 2. The second-order valence-electron chi connectivity index (χ2n) is 17.8. The summed E-state index contributed by atoms with van der Waals surface area (Å²) < 4.78 is 11.3. The number of aromatic amines is 2. The Balaban J connectivity index is 0.000000220. The molecule has 14 nitrogen and oxygen atoms in total. The second kappa shape index (κ2) is 27.7. The molecule has 0 amide bonds. The number of hydrogen-bond donors (Lipinski definition) is 2. The molecule has 0 bridgehead atoms. The molecule has 2 N–H and O–H groups in total. The minimum Gasteiger partial charge on any atom is -0.543 e. The summed E-state index contributed by atoms with van der Waals surface area (Å²) in [5.41, 5.74) is 11.1. The minimum atomic E-state index is -1.29. The van der Waals surface area contributed by atoms with Crippen molar-refractivity contribution < 1.29 is 78.9 Å². The van der Waals surface area contributed by atoms with Crippen molar-refractivity contribution in [1.29, 1.82) is 0 Å². The number of carbonyl (C=O) groups excluding carboxylic acids is 2. The third kappa shape index (κ3) is 13.7. The first-order chi connectivity index (χ1) is 36.9. The number of nitrogens with one attached hydrogen (secondary N) is 2. The summed E-state index contributed by atoms with van der Waals surface area (Å²) in [7, 11) is 0. The van der Waals surface area contributed by atoms with Crippen LogP contribution in [-0.4, -0.2) is 50.2 Å². The second-order valence-corrected chi connectivity index (χ2v) is 20.1. The summed E-state index contributed by atoms with van der Waals surface area (Å²) >= 11 is 14.6. The molecule has 4 heterocycles. The van der Waals surface area contributed by atoms with Crippen LogP contribution < -0.4 is 79.1 Å². The number of carboxylic acids is 2. The average molecular weight is 1130 g/mol. The summed E-state index contributed by atoms with van der Waals surface area (Å²) in [6.45, 7) is 4.17. The van der Waals surface area contributed by atoms with Gasteiger partial charge in [-0.05, 0) is 83.3 Å². The summed E-state index contributed by atoms with van der Waals surface area (Å²) in [5, 5.41) is 34.9. The van der Waals surface area contributed by atoms with Gasteiger partial charge >= 0.3 is 68.9 Å². The van der Waals surface area contributed by atoms with Crippen molar-refractivity contribution in [3.63, 3.8) is 0 Å². The van der Waals surface area contributed by atoms with Crippen molar-refractivity contribution >= 4 is 58.2 Å². The molecular weight excluding hydrogens is 1090 g/mol. The maximum atomic E-state index is 12.4. The normalized spacial score (nSPS) is 10.8. The predicted octanol–water partition coefficient (Wildman–Crippen LogP) is 4.61. The summed E-state index contributed by atoms with van der Waals surface area (Å²) in [4.78, 5) is 53.2. The van der Waals surface area contributed by atoms with Gasteiger partial charge in [-0.3, -0.25) is 19.6 Å². The largest absolute Gasteiger partial charge is 1.00 e. The Morgan fingerprint density at radius 3 is 1.18 bits per heavy atom. The van der Waals surface area contributed by atoms with Crippen LogP contribution in [0.15, 0.2) is 155 Å². The van der Waals surface area contributed by atoms with Gasteiger partial charge in [-0.25, -0.2) is 9.36 Å². The molecule has 0 fully saturated rings. The van der Waals surface area contributed by atoms with E-state index in [4.69, 9.17) is 23.2 Å². The molecule has 0 aliphatic carbocycles. The SMILES string of the molecule is CCCCc1nn(-c2ccccc2Cl)c(C(=O)[O-])c1Cc1ccc(-c2ccccc2-c2nsc(=O)[nH]2)cc1.CCCCc1nn(-c2ccccc2Cl)c(C(=O)[O-])c1Cc1ccc(-c2ccccc2-c2nsc(=O)[nH]2)cc1.[Na+].[Na+]. The molecule has 6 aromatic carbocycles. The Kier molecular flexibility index (Phi) is 21.2. The van der Waals surface area contributed by atoms with Crippen molar-refractivity contribution in [2.45, 2.75) is 65.2 Å².